The molecule has 0 saturated heterocycles. The zero-order valence-corrected chi connectivity index (χ0v) is 17.1. The Balaban J connectivity index is 1.72. The molecule has 5 aromatic rings. The van der Waals surface area contributed by atoms with Crippen LogP contribution < -0.4 is 4.74 Å². The highest BCUT2D eigenvalue weighted by atomic mass is 35.5. The summed E-state index contributed by atoms with van der Waals surface area (Å²) in [6.07, 6.45) is 0. The summed E-state index contributed by atoms with van der Waals surface area (Å²) in [5.74, 6) is 1.53. The summed E-state index contributed by atoms with van der Waals surface area (Å²) in [4.78, 5) is 4.86. The van der Waals surface area contributed by atoms with Crippen LogP contribution >= 0.6 is 22.9 Å². The number of ether oxygens (including phenoxy) is 1. The minimum absolute atomic E-state index is 0.695. The maximum atomic E-state index is 6.27. The highest BCUT2D eigenvalue weighted by Gasteiger charge is 2.20. The smallest absolute Gasteiger partial charge is 0.162 e. The van der Waals surface area contributed by atoms with Crippen molar-refractivity contribution < 1.29 is 9.15 Å². The first kappa shape index (κ1) is 18.0. The summed E-state index contributed by atoms with van der Waals surface area (Å²) in [5, 5.41) is 4.67. The minimum Gasteiger partial charge on any atom is -0.497 e. The summed E-state index contributed by atoms with van der Waals surface area (Å²) in [6, 6.07) is 23.8. The third-order valence-electron chi connectivity index (χ3n) is 4.79. The molecule has 3 aromatic carbocycles. The molecule has 0 atom stereocenters. The third kappa shape index (κ3) is 3.31. The monoisotopic (exact) mass is 417 g/mol. The van der Waals surface area contributed by atoms with E-state index < -0.39 is 0 Å². The van der Waals surface area contributed by atoms with E-state index in [2.05, 4.69) is 12.1 Å². The Bertz CT molecular complexity index is 1290. The van der Waals surface area contributed by atoms with Crippen molar-refractivity contribution in [1.82, 2.24) is 4.98 Å². The number of thiazole rings is 1. The van der Waals surface area contributed by atoms with Crippen molar-refractivity contribution in [3.63, 3.8) is 0 Å². The van der Waals surface area contributed by atoms with Gasteiger partial charge in [0.15, 0.2) is 5.76 Å². The Morgan fingerprint density at radius 2 is 1.72 bits per heavy atom. The van der Waals surface area contributed by atoms with E-state index >= 15 is 0 Å². The zero-order chi connectivity index (χ0) is 19.8. The van der Waals surface area contributed by atoms with Gasteiger partial charge in [0.25, 0.3) is 0 Å². The molecule has 0 aliphatic rings. The van der Waals surface area contributed by atoms with Crippen LogP contribution in [0.3, 0.4) is 0 Å². The molecule has 5 rings (SSSR count). The molecule has 2 aromatic heterocycles. The van der Waals surface area contributed by atoms with Gasteiger partial charge in [-0.2, -0.15) is 0 Å². The number of halogens is 1. The number of aromatic nitrogens is 1. The highest BCUT2D eigenvalue weighted by Crippen LogP contribution is 2.43. The minimum atomic E-state index is 0.695. The summed E-state index contributed by atoms with van der Waals surface area (Å²) >= 11 is 7.72. The second kappa shape index (κ2) is 7.39. The third-order valence-corrected chi connectivity index (χ3v) is 5.93. The Labute approximate surface area is 177 Å². The van der Waals surface area contributed by atoms with Crippen LogP contribution in [-0.2, 0) is 0 Å². The molecule has 0 bridgehead atoms. The van der Waals surface area contributed by atoms with Crippen molar-refractivity contribution in [1.29, 1.82) is 0 Å². The van der Waals surface area contributed by atoms with E-state index in [0.717, 1.165) is 49.9 Å². The number of hydrogen-bond donors (Lipinski definition) is 0. The lowest BCUT2D eigenvalue weighted by Gasteiger charge is -2.03. The first-order chi connectivity index (χ1) is 14.2. The van der Waals surface area contributed by atoms with E-state index in [1.807, 2.05) is 66.0 Å². The number of methoxy groups -OCH3 is 1. The van der Waals surface area contributed by atoms with Crippen LogP contribution in [0, 0.1) is 0 Å². The Kier molecular flexibility index (Phi) is 4.58. The summed E-state index contributed by atoms with van der Waals surface area (Å²) in [5.41, 5.74) is 4.70. The average molecular weight is 418 g/mol. The fourth-order valence-electron chi connectivity index (χ4n) is 3.38. The number of furan rings is 1. The first-order valence-electron chi connectivity index (χ1n) is 9.11. The Hall–Kier alpha value is -3.08. The molecule has 0 spiro atoms. The van der Waals surface area contributed by atoms with Gasteiger partial charge in [0.05, 0.1) is 7.11 Å². The van der Waals surface area contributed by atoms with E-state index in [1.54, 1.807) is 18.4 Å². The maximum Gasteiger partial charge on any atom is 0.162 e. The molecule has 0 aliphatic carbocycles. The summed E-state index contributed by atoms with van der Waals surface area (Å²) in [7, 11) is 1.66. The van der Waals surface area contributed by atoms with Crippen LogP contribution in [0.15, 0.2) is 82.6 Å². The van der Waals surface area contributed by atoms with Crippen LogP contribution in [0.1, 0.15) is 0 Å². The SMILES string of the molecule is COc1ccc2oc(-c3csc(-c4ccccc4)n3)c(-c3ccc(Cl)cc3)c2c1. The van der Waals surface area contributed by atoms with Gasteiger partial charge in [-0.05, 0) is 35.9 Å². The van der Waals surface area contributed by atoms with E-state index in [-0.39, 0.29) is 0 Å². The topological polar surface area (TPSA) is 35.3 Å². The number of rotatable bonds is 4. The molecule has 3 nitrogen and oxygen atoms in total. The van der Waals surface area contributed by atoms with Crippen LogP contribution in [0.4, 0.5) is 0 Å². The lowest BCUT2D eigenvalue weighted by atomic mass is 10.0. The molecular weight excluding hydrogens is 402 g/mol. The van der Waals surface area contributed by atoms with Gasteiger partial charge in [0, 0.05) is 26.9 Å². The van der Waals surface area contributed by atoms with Crippen molar-refractivity contribution in [2.45, 2.75) is 0 Å². The first-order valence-corrected chi connectivity index (χ1v) is 10.4. The molecule has 0 fully saturated rings. The molecular formula is C24H16ClNO2S. The predicted molar refractivity (Wildman–Crippen MR) is 120 cm³/mol. The quantitative estimate of drug-likeness (QED) is 0.302. The molecule has 0 saturated carbocycles. The molecule has 5 heteroatoms. The Morgan fingerprint density at radius 1 is 0.931 bits per heavy atom. The van der Waals surface area contributed by atoms with Gasteiger partial charge in [-0.3, -0.25) is 0 Å². The molecule has 0 amide bonds. The summed E-state index contributed by atoms with van der Waals surface area (Å²) < 4.78 is 11.7. The predicted octanol–water partition coefficient (Wildman–Crippen LogP) is 7.55. The molecule has 142 valence electrons. The van der Waals surface area contributed by atoms with Gasteiger partial charge in [-0.15, -0.1) is 11.3 Å². The van der Waals surface area contributed by atoms with Crippen molar-refractivity contribution in [3.05, 3.63) is 83.2 Å². The Morgan fingerprint density at radius 3 is 2.48 bits per heavy atom. The van der Waals surface area contributed by atoms with Crippen molar-refractivity contribution in [2.75, 3.05) is 7.11 Å². The van der Waals surface area contributed by atoms with Crippen molar-refractivity contribution >= 4 is 33.9 Å². The largest absolute Gasteiger partial charge is 0.497 e. The van der Waals surface area contributed by atoms with Gasteiger partial charge < -0.3 is 9.15 Å². The standard InChI is InChI=1S/C24H16ClNO2S/c1-27-18-11-12-21-19(13-18)22(15-7-9-17(25)10-8-15)23(28-21)20-14-29-24(26-20)16-5-3-2-4-6-16/h2-14H,1H3. The lowest BCUT2D eigenvalue weighted by molar-refractivity contribution is 0.415. The molecule has 0 aliphatic heterocycles. The highest BCUT2D eigenvalue weighted by molar-refractivity contribution is 7.13. The second-order valence-corrected chi connectivity index (χ2v) is 7.87. The van der Waals surface area contributed by atoms with Gasteiger partial charge in [-0.25, -0.2) is 4.98 Å². The molecule has 2 heterocycles. The van der Waals surface area contributed by atoms with Crippen LogP contribution in [-0.4, -0.2) is 12.1 Å². The number of hydrogen-bond acceptors (Lipinski definition) is 4. The fraction of sp³-hybridized carbons (Fsp3) is 0.0417. The molecule has 0 radical (unpaired) electrons. The number of fused-ring (bicyclic) bond motifs is 1. The molecule has 0 N–H and O–H groups in total. The van der Waals surface area contributed by atoms with Gasteiger partial charge in [0.2, 0.25) is 0 Å². The maximum absolute atomic E-state index is 6.27. The zero-order valence-electron chi connectivity index (χ0n) is 15.6. The van der Waals surface area contributed by atoms with Gasteiger partial charge in [0.1, 0.15) is 22.0 Å². The lowest BCUT2D eigenvalue weighted by Crippen LogP contribution is -1.84. The number of nitrogens with zero attached hydrogens (tertiary/aromatic N) is 1. The van der Waals surface area contributed by atoms with Crippen LogP contribution in [0.2, 0.25) is 5.02 Å². The molecule has 29 heavy (non-hydrogen) atoms. The van der Waals surface area contributed by atoms with E-state index in [1.165, 1.54) is 0 Å². The average Bonchev–Trinajstić information content (AvgIpc) is 3.39. The molecule has 0 unspecified atom stereocenters. The fourth-order valence-corrected chi connectivity index (χ4v) is 4.31. The van der Waals surface area contributed by atoms with E-state index in [0.29, 0.717) is 5.02 Å². The van der Waals surface area contributed by atoms with Crippen molar-refractivity contribution in [3.8, 4) is 38.9 Å². The van der Waals surface area contributed by atoms with Crippen LogP contribution in [0.25, 0.3) is 44.1 Å². The van der Waals surface area contributed by atoms with Gasteiger partial charge in [-0.1, -0.05) is 54.1 Å². The normalized spacial score (nSPS) is 11.1. The van der Waals surface area contributed by atoms with E-state index in [4.69, 9.17) is 25.7 Å². The van der Waals surface area contributed by atoms with Crippen molar-refractivity contribution in [2.24, 2.45) is 0 Å². The number of benzene rings is 3. The van der Waals surface area contributed by atoms with Crippen LogP contribution in [0.5, 0.6) is 5.75 Å². The summed E-state index contributed by atoms with van der Waals surface area (Å²) in [6.45, 7) is 0. The second-order valence-electron chi connectivity index (χ2n) is 6.58. The van der Waals surface area contributed by atoms with Gasteiger partial charge >= 0.3 is 0 Å². The van der Waals surface area contributed by atoms with E-state index in [9.17, 15) is 0 Å².